The molecule has 1 rings (SSSR count). The average Bonchev–Trinajstić information content (AvgIpc) is 2.34. The van der Waals surface area contributed by atoms with Gasteiger partial charge in [-0.15, -0.1) is 0 Å². The van der Waals surface area contributed by atoms with Crippen molar-refractivity contribution in [1.29, 1.82) is 0 Å². The van der Waals surface area contributed by atoms with Crippen LogP contribution in [0.4, 0.5) is 8.78 Å². The molecule has 0 amide bonds. The van der Waals surface area contributed by atoms with Gasteiger partial charge >= 0.3 is 18.6 Å². The van der Waals surface area contributed by atoms with Crippen LogP contribution >= 0.6 is 31.9 Å². The van der Waals surface area contributed by atoms with Gasteiger partial charge in [0.05, 0.1) is 14.5 Å². The zero-order chi connectivity index (χ0) is 15.3. The summed E-state index contributed by atoms with van der Waals surface area (Å²) in [5, 5.41) is 0. The van der Waals surface area contributed by atoms with E-state index >= 15 is 0 Å². The van der Waals surface area contributed by atoms with E-state index in [4.69, 9.17) is 0 Å². The van der Waals surface area contributed by atoms with Gasteiger partial charge in [-0.05, 0) is 50.4 Å². The Balaban J connectivity index is 3.01. The molecule has 0 aliphatic carbocycles. The third kappa shape index (κ3) is 4.52. The first-order valence-corrected chi connectivity index (χ1v) is 7.13. The first kappa shape index (κ1) is 17.0. The predicted octanol–water partition coefficient (Wildman–Crippen LogP) is 4.30. The molecule has 110 valence electrons. The minimum absolute atomic E-state index is 0.0125. The Morgan fingerprint density at radius 3 is 2.50 bits per heavy atom. The molecule has 0 aromatic heterocycles. The minimum atomic E-state index is -3.05. The van der Waals surface area contributed by atoms with Crippen LogP contribution in [0.15, 0.2) is 21.1 Å². The second-order valence-corrected chi connectivity index (χ2v) is 5.28. The van der Waals surface area contributed by atoms with Gasteiger partial charge in [-0.1, -0.05) is 6.92 Å². The molecule has 0 N–H and O–H groups in total. The van der Waals surface area contributed by atoms with Crippen molar-refractivity contribution in [2.75, 3.05) is 0 Å². The average molecular weight is 416 g/mol. The van der Waals surface area contributed by atoms with Gasteiger partial charge in [-0.2, -0.15) is 8.78 Å². The third-order valence-corrected chi connectivity index (χ3v) is 3.55. The lowest BCUT2D eigenvalue weighted by Crippen LogP contribution is -2.13. The number of ether oxygens (including phenoxy) is 2. The van der Waals surface area contributed by atoms with Gasteiger partial charge in [0.15, 0.2) is 5.75 Å². The van der Waals surface area contributed by atoms with Crippen LogP contribution in [-0.4, -0.2) is 18.6 Å². The molecule has 0 unspecified atom stereocenters. The quantitative estimate of drug-likeness (QED) is 0.531. The number of carbonyl (C=O) groups is 2. The second kappa shape index (κ2) is 7.68. The molecular weight excluding hydrogens is 406 g/mol. The topological polar surface area (TPSA) is 52.6 Å². The van der Waals surface area contributed by atoms with Gasteiger partial charge in [0, 0.05) is 6.42 Å². The largest absolute Gasteiger partial charge is 0.432 e. The first-order chi connectivity index (χ1) is 9.36. The fourth-order valence-corrected chi connectivity index (χ4v) is 2.59. The van der Waals surface area contributed by atoms with Gasteiger partial charge in [0.1, 0.15) is 0 Å². The summed E-state index contributed by atoms with van der Waals surface area (Å²) >= 11 is 6.02. The van der Waals surface area contributed by atoms with Gasteiger partial charge in [0.25, 0.3) is 0 Å². The number of carbonyl (C=O) groups excluding carboxylic acids is 2. The number of hydrogen-bond acceptors (Lipinski definition) is 4. The van der Waals surface area contributed by atoms with Crippen molar-refractivity contribution in [2.45, 2.75) is 26.4 Å². The normalized spacial score (nSPS) is 10.5. The first-order valence-electron chi connectivity index (χ1n) is 5.54. The zero-order valence-corrected chi connectivity index (χ0v) is 13.5. The maximum atomic E-state index is 12.3. The Morgan fingerprint density at radius 1 is 1.30 bits per heavy atom. The van der Waals surface area contributed by atoms with E-state index in [9.17, 15) is 18.4 Å². The van der Waals surface area contributed by atoms with Crippen molar-refractivity contribution in [3.8, 4) is 5.75 Å². The molecule has 0 aliphatic rings. The Hall–Kier alpha value is -1.02. The molecule has 1 aromatic carbocycles. The maximum absolute atomic E-state index is 12.3. The Morgan fingerprint density at radius 2 is 1.95 bits per heavy atom. The van der Waals surface area contributed by atoms with Gasteiger partial charge in [-0.3, -0.25) is 4.79 Å². The Bertz CT molecular complexity index is 520. The number of halogens is 4. The van der Waals surface area contributed by atoms with Crippen LogP contribution in [0.5, 0.6) is 5.75 Å². The summed E-state index contributed by atoms with van der Waals surface area (Å²) in [6, 6.07) is 2.68. The van der Waals surface area contributed by atoms with E-state index in [1.807, 2.05) is 0 Å². The van der Waals surface area contributed by atoms with E-state index in [0.29, 0.717) is 6.42 Å². The molecule has 20 heavy (non-hydrogen) atoms. The van der Waals surface area contributed by atoms with E-state index in [2.05, 4.69) is 41.3 Å². The molecule has 0 atom stereocenters. The van der Waals surface area contributed by atoms with Crippen LogP contribution in [0.1, 0.15) is 30.1 Å². The van der Waals surface area contributed by atoms with Crippen LogP contribution < -0.4 is 4.74 Å². The molecule has 0 aliphatic heterocycles. The lowest BCUT2D eigenvalue weighted by Gasteiger charge is -2.12. The van der Waals surface area contributed by atoms with Crippen LogP contribution in [0.2, 0.25) is 0 Å². The molecule has 0 heterocycles. The number of benzene rings is 1. The number of alkyl halides is 2. The summed E-state index contributed by atoms with van der Waals surface area (Å²) in [6.07, 6.45) is 0.633. The van der Waals surface area contributed by atoms with Gasteiger partial charge < -0.3 is 9.47 Å². The van der Waals surface area contributed by atoms with Crippen molar-refractivity contribution >= 4 is 43.8 Å². The molecule has 0 fully saturated rings. The Kier molecular flexibility index (Phi) is 6.54. The smallest absolute Gasteiger partial charge is 0.387 e. The monoisotopic (exact) mass is 414 g/mol. The molecule has 0 saturated carbocycles. The molecule has 1 aromatic rings. The minimum Gasteiger partial charge on any atom is -0.432 e. The number of hydrogen-bond donors (Lipinski definition) is 0. The van der Waals surface area contributed by atoms with Crippen molar-refractivity contribution in [2.24, 2.45) is 0 Å². The lowest BCUT2D eigenvalue weighted by molar-refractivity contribution is -0.138. The van der Waals surface area contributed by atoms with Crippen molar-refractivity contribution in [3.63, 3.8) is 0 Å². The van der Waals surface area contributed by atoms with Crippen LogP contribution in [0, 0.1) is 0 Å². The van der Waals surface area contributed by atoms with E-state index in [0.717, 1.165) is 0 Å². The maximum Gasteiger partial charge on any atom is 0.387 e. The summed E-state index contributed by atoms with van der Waals surface area (Å²) < 4.78 is 33.7. The van der Waals surface area contributed by atoms with Gasteiger partial charge in [0.2, 0.25) is 0 Å². The predicted molar refractivity (Wildman–Crippen MR) is 73.8 cm³/mol. The SMILES string of the molecule is CCCC(=O)OC(=O)c1ccc(Br)c(OC(F)F)c1Br. The molecule has 8 heteroatoms. The van der Waals surface area contributed by atoms with E-state index in [-0.39, 0.29) is 26.7 Å². The molecule has 0 bridgehead atoms. The zero-order valence-electron chi connectivity index (χ0n) is 10.3. The summed E-state index contributed by atoms with van der Waals surface area (Å²) in [5.74, 6) is -1.84. The summed E-state index contributed by atoms with van der Waals surface area (Å²) in [4.78, 5) is 23.0. The van der Waals surface area contributed by atoms with Gasteiger partial charge in [-0.25, -0.2) is 4.79 Å². The molecular formula is C12H10Br2F2O4. The molecule has 0 spiro atoms. The third-order valence-electron chi connectivity index (χ3n) is 2.14. The lowest BCUT2D eigenvalue weighted by atomic mass is 10.2. The highest BCUT2D eigenvalue weighted by atomic mass is 79.9. The number of rotatable bonds is 5. The summed E-state index contributed by atoms with van der Waals surface area (Å²) in [6.45, 7) is -1.29. The van der Waals surface area contributed by atoms with Crippen molar-refractivity contribution < 1.29 is 27.8 Å². The van der Waals surface area contributed by atoms with E-state index in [1.165, 1.54) is 12.1 Å². The molecule has 4 nitrogen and oxygen atoms in total. The standard InChI is InChI=1S/C12H10Br2F2O4/c1-2-3-8(17)19-11(18)6-4-5-7(13)10(9(6)14)20-12(15)16/h4-5,12H,2-3H2,1H3. The van der Waals surface area contributed by atoms with E-state index in [1.54, 1.807) is 6.92 Å². The number of esters is 2. The van der Waals surface area contributed by atoms with Crippen molar-refractivity contribution in [3.05, 3.63) is 26.6 Å². The van der Waals surface area contributed by atoms with Crippen molar-refractivity contribution in [1.82, 2.24) is 0 Å². The van der Waals surface area contributed by atoms with Crippen LogP contribution in [0.25, 0.3) is 0 Å². The molecule has 0 saturated heterocycles. The molecule has 0 radical (unpaired) electrons. The summed E-state index contributed by atoms with van der Waals surface area (Å²) in [5.41, 5.74) is -0.0756. The summed E-state index contributed by atoms with van der Waals surface area (Å²) in [7, 11) is 0. The van der Waals surface area contributed by atoms with E-state index < -0.39 is 18.6 Å². The van der Waals surface area contributed by atoms with Crippen LogP contribution in [0.3, 0.4) is 0 Å². The fourth-order valence-electron chi connectivity index (χ4n) is 1.30. The Labute approximate surface area is 130 Å². The highest BCUT2D eigenvalue weighted by molar-refractivity contribution is 9.11. The highest BCUT2D eigenvalue weighted by Crippen LogP contribution is 2.37. The highest BCUT2D eigenvalue weighted by Gasteiger charge is 2.21. The second-order valence-electron chi connectivity index (χ2n) is 3.63. The van der Waals surface area contributed by atoms with Crippen LogP contribution in [-0.2, 0) is 9.53 Å². The fraction of sp³-hybridized carbons (Fsp3) is 0.333.